The molecule has 0 bridgehead atoms. The maximum absolute atomic E-state index is 13.9. The smallest absolute Gasteiger partial charge is 0.141 e. The molecule has 0 atom stereocenters. The van der Waals surface area contributed by atoms with E-state index in [0.717, 1.165) is 17.4 Å². The van der Waals surface area contributed by atoms with Crippen LogP contribution in [0.2, 0.25) is 18.1 Å². The zero-order valence-electron chi connectivity index (χ0n) is 17.1. The van der Waals surface area contributed by atoms with Gasteiger partial charge in [0.2, 0.25) is 0 Å². The molecule has 0 N–H and O–H groups in total. The van der Waals surface area contributed by atoms with Crippen molar-refractivity contribution in [3.8, 4) is 6.07 Å². The van der Waals surface area contributed by atoms with Crippen LogP contribution >= 0.6 is 0 Å². The van der Waals surface area contributed by atoms with Crippen LogP contribution in [0.4, 0.5) is 4.39 Å². The Labute approximate surface area is 167 Å². The van der Waals surface area contributed by atoms with Gasteiger partial charge in [-0.2, -0.15) is 5.26 Å². The van der Waals surface area contributed by atoms with Gasteiger partial charge in [-0.15, -0.1) is 0 Å². The summed E-state index contributed by atoms with van der Waals surface area (Å²) < 4.78 is 13.9. The number of benzene rings is 1. The standard InChI is InChI=1S/C24H36FNSi/c1-2-27-15-13-20(14-16-27)6-4-3-5-19-7-9-21(10-8-19)22-11-12-23(18-26)24(25)17-22/h11-12,17,19-21,27H,2-10,13-16H2,1H3. The third kappa shape index (κ3) is 5.91. The molecule has 1 saturated heterocycles. The second kappa shape index (κ2) is 10.4. The van der Waals surface area contributed by atoms with E-state index in [4.69, 9.17) is 5.26 Å². The fourth-order valence-corrected chi connectivity index (χ4v) is 8.45. The topological polar surface area (TPSA) is 23.8 Å². The number of rotatable bonds is 7. The Morgan fingerprint density at radius 3 is 2.19 bits per heavy atom. The Bertz CT molecular complexity index is 622. The van der Waals surface area contributed by atoms with E-state index in [1.807, 2.05) is 12.1 Å². The van der Waals surface area contributed by atoms with Crippen LogP contribution in [0.5, 0.6) is 0 Å². The largest absolute Gasteiger partial charge is 0.206 e. The van der Waals surface area contributed by atoms with Crippen LogP contribution in [0, 0.1) is 29.0 Å². The quantitative estimate of drug-likeness (QED) is 0.360. The summed E-state index contributed by atoms with van der Waals surface area (Å²) >= 11 is 0. The average Bonchev–Trinajstić information content (AvgIpc) is 2.72. The van der Waals surface area contributed by atoms with Crippen LogP contribution in [0.15, 0.2) is 18.2 Å². The van der Waals surface area contributed by atoms with Crippen LogP contribution < -0.4 is 0 Å². The molecule has 0 unspecified atom stereocenters. The van der Waals surface area contributed by atoms with Crippen LogP contribution in [-0.2, 0) is 0 Å². The normalized spacial score (nSPS) is 28.6. The van der Waals surface area contributed by atoms with Crippen LogP contribution in [0.1, 0.15) is 88.2 Å². The molecule has 1 aromatic rings. The highest BCUT2D eigenvalue weighted by Gasteiger charge is 2.24. The molecule has 0 amide bonds. The summed E-state index contributed by atoms with van der Waals surface area (Å²) in [5, 5.41) is 8.87. The van der Waals surface area contributed by atoms with Crippen molar-refractivity contribution in [2.24, 2.45) is 11.8 Å². The minimum atomic E-state index is -0.354. The molecule has 1 heterocycles. The summed E-state index contributed by atoms with van der Waals surface area (Å²) in [7, 11) is -0.288. The average molecular weight is 386 g/mol. The maximum Gasteiger partial charge on any atom is 0.141 e. The van der Waals surface area contributed by atoms with Gasteiger partial charge < -0.3 is 0 Å². The first-order chi connectivity index (χ1) is 13.2. The molecule has 0 spiro atoms. The predicted octanol–water partition coefficient (Wildman–Crippen LogP) is 7.19. The highest BCUT2D eigenvalue weighted by molar-refractivity contribution is 6.58. The van der Waals surface area contributed by atoms with Gasteiger partial charge in [-0.25, -0.2) is 4.39 Å². The van der Waals surface area contributed by atoms with Crippen molar-refractivity contribution in [2.75, 3.05) is 0 Å². The monoisotopic (exact) mass is 385 g/mol. The SMILES string of the molecule is CC[SiH]1CCC(CCCCC2CCC(c3ccc(C#N)c(F)c3)CC2)CC1. The first-order valence-electron chi connectivity index (χ1n) is 11.4. The second-order valence-electron chi connectivity index (χ2n) is 9.15. The predicted molar refractivity (Wildman–Crippen MR) is 114 cm³/mol. The number of nitriles is 1. The zero-order valence-corrected chi connectivity index (χ0v) is 18.2. The fourth-order valence-electron chi connectivity index (χ4n) is 5.45. The van der Waals surface area contributed by atoms with E-state index in [1.54, 1.807) is 24.2 Å². The molecule has 27 heavy (non-hydrogen) atoms. The molecule has 1 aliphatic carbocycles. The minimum absolute atomic E-state index is 0.165. The lowest BCUT2D eigenvalue weighted by Crippen LogP contribution is -2.20. The third-order valence-corrected chi connectivity index (χ3v) is 10.9. The van der Waals surface area contributed by atoms with Gasteiger partial charge in [-0.3, -0.25) is 0 Å². The van der Waals surface area contributed by atoms with Crippen molar-refractivity contribution in [1.82, 2.24) is 0 Å². The van der Waals surface area contributed by atoms with Crippen LogP contribution in [0.3, 0.4) is 0 Å². The van der Waals surface area contributed by atoms with E-state index >= 15 is 0 Å². The number of unbranched alkanes of at least 4 members (excludes halogenated alkanes) is 1. The molecule has 2 fully saturated rings. The first-order valence-corrected chi connectivity index (χ1v) is 13.8. The molecule has 2 aliphatic rings. The Morgan fingerprint density at radius 2 is 1.63 bits per heavy atom. The zero-order chi connectivity index (χ0) is 19.1. The van der Waals surface area contributed by atoms with E-state index in [9.17, 15) is 4.39 Å². The number of halogens is 1. The highest BCUT2D eigenvalue weighted by atomic mass is 28.3. The van der Waals surface area contributed by atoms with Gasteiger partial charge in [-0.05, 0) is 61.1 Å². The summed E-state index contributed by atoms with van der Waals surface area (Å²) in [5.74, 6) is 2.06. The summed E-state index contributed by atoms with van der Waals surface area (Å²) in [5.41, 5.74) is 1.26. The Morgan fingerprint density at radius 1 is 1.00 bits per heavy atom. The molecule has 148 valence electrons. The Hall–Kier alpha value is -1.14. The summed E-state index contributed by atoms with van der Waals surface area (Å²) in [6, 6.07) is 11.9. The lowest BCUT2D eigenvalue weighted by atomic mass is 9.77. The second-order valence-corrected chi connectivity index (χ2v) is 12.9. The van der Waals surface area contributed by atoms with E-state index in [1.165, 1.54) is 70.3 Å². The van der Waals surface area contributed by atoms with E-state index < -0.39 is 0 Å². The molecular formula is C24H36FNSi. The van der Waals surface area contributed by atoms with Crippen molar-refractivity contribution < 1.29 is 4.39 Å². The van der Waals surface area contributed by atoms with Gasteiger partial charge in [-0.1, -0.05) is 69.6 Å². The van der Waals surface area contributed by atoms with E-state index in [2.05, 4.69) is 6.92 Å². The number of nitrogens with zero attached hydrogens (tertiary/aromatic N) is 1. The number of hydrogen-bond acceptors (Lipinski definition) is 1. The molecule has 0 radical (unpaired) electrons. The van der Waals surface area contributed by atoms with E-state index in [0.29, 0.717) is 5.92 Å². The van der Waals surface area contributed by atoms with Gasteiger partial charge in [0.25, 0.3) is 0 Å². The first kappa shape index (κ1) is 20.6. The third-order valence-electron chi connectivity index (χ3n) is 7.45. The van der Waals surface area contributed by atoms with Gasteiger partial charge in [0.15, 0.2) is 0 Å². The number of hydrogen-bond donors (Lipinski definition) is 0. The van der Waals surface area contributed by atoms with Crippen molar-refractivity contribution in [3.05, 3.63) is 35.1 Å². The summed E-state index contributed by atoms with van der Waals surface area (Å²) in [6.45, 7) is 2.41. The van der Waals surface area contributed by atoms with Gasteiger partial charge in [0.05, 0.1) is 5.56 Å². The summed E-state index contributed by atoms with van der Waals surface area (Å²) in [6.07, 6.45) is 13.7. The van der Waals surface area contributed by atoms with Crippen molar-refractivity contribution in [3.63, 3.8) is 0 Å². The van der Waals surface area contributed by atoms with Crippen molar-refractivity contribution in [1.29, 1.82) is 5.26 Å². The van der Waals surface area contributed by atoms with Crippen molar-refractivity contribution in [2.45, 2.75) is 95.2 Å². The fraction of sp³-hybridized carbons (Fsp3) is 0.708. The Balaban J connectivity index is 1.32. The molecule has 1 aliphatic heterocycles. The molecule has 1 nitrogen and oxygen atoms in total. The highest BCUT2D eigenvalue weighted by Crippen LogP contribution is 2.38. The Kier molecular flexibility index (Phi) is 7.94. The van der Waals surface area contributed by atoms with Gasteiger partial charge >= 0.3 is 0 Å². The molecule has 1 saturated carbocycles. The lowest BCUT2D eigenvalue weighted by Gasteiger charge is -2.29. The molecule has 0 aromatic heterocycles. The minimum Gasteiger partial charge on any atom is -0.206 e. The summed E-state index contributed by atoms with van der Waals surface area (Å²) in [4.78, 5) is 0. The molecular weight excluding hydrogens is 349 g/mol. The van der Waals surface area contributed by atoms with Crippen LogP contribution in [-0.4, -0.2) is 8.80 Å². The van der Waals surface area contributed by atoms with Gasteiger partial charge in [0, 0.05) is 8.80 Å². The van der Waals surface area contributed by atoms with Gasteiger partial charge in [0.1, 0.15) is 11.9 Å². The van der Waals surface area contributed by atoms with Crippen molar-refractivity contribution >= 4 is 8.80 Å². The molecule has 3 rings (SSSR count). The maximum atomic E-state index is 13.9. The van der Waals surface area contributed by atoms with Crippen LogP contribution in [0.25, 0.3) is 0 Å². The molecule has 1 aromatic carbocycles. The van der Waals surface area contributed by atoms with E-state index in [-0.39, 0.29) is 20.2 Å². The lowest BCUT2D eigenvalue weighted by molar-refractivity contribution is 0.297. The molecule has 3 heteroatoms.